The molecule has 0 N–H and O–H groups in total. The van der Waals surface area contributed by atoms with Gasteiger partial charge in [-0.15, -0.1) is 5.10 Å². The minimum absolute atomic E-state index is 0.00356. The first-order valence-corrected chi connectivity index (χ1v) is 12.6. The minimum atomic E-state index is -1.78. The van der Waals surface area contributed by atoms with E-state index < -0.39 is 8.32 Å². The van der Waals surface area contributed by atoms with Gasteiger partial charge in [0, 0.05) is 5.33 Å². The van der Waals surface area contributed by atoms with Crippen LogP contribution in [0.15, 0.2) is 0 Å². The van der Waals surface area contributed by atoms with Gasteiger partial charge in [-0.1, -0.05) is 36.7 Å². The van der Waals surface area contributed by atoms with Gasteiger partial charge in [0.15, 0.2) is 14.9 Å². The predicted molar refractivity (Wildman–Crippen MR) is 107 cm³/mol. The molecule has 0 bridgehead atoms. The molecule has 8 heteroatoms. The van der Waals surface area contributed by atoms with Crippen molar-refractivity contribution in [1.29, 1.82) is 5.26 Å². The first-order chi connectivity index (χ1) is 10.5. The molecule has 0 saturated carbocycles. The van der Waals surface area contributed by atoms with Crippen LogP contribution in [0.25, 0.3) is 0 Å². The molecular formula is C15H25BrIN3O2Si. The molecule has 130 valence electrons. The standard InChI is InChI=1S/C15H25BrIN3O2Si/c1-11(10-22-23(5,6)15(2,3)4)20-12(9-16)13(17)14(19-20)21-8-7-18/h11H,8-10H2,1-6H3/t11-/m0/s1. The lowest BCUT2D eigenvalue weighted by Gasteiger charge is -2.37. The number of hydrogen-bond donors (Lipinski definition) is 0. The Kier molecular flexibility index (Phi) is 7.57. The topological polar surface area (TPSA) is 60.1 Å². The quantitative estimate of drug-likeness (QED) is 0.296. The molecule has 0 fully saturated rings. The fourth-order valence-corrected chi connectivity index (χ4v) is 4.57. The Balaban J connectivity index is 2.92. The average molecular weight is 514 g/mol. The van der Waals surface area contributed by atoms with Crippen molar-refractivity contribution in [1.82, 2.24) is 9.78 Å². The van der Waals surface area contributed by atoms with E-state index in [2.05, 4.69) is 84.4 Å². The summed E-state index contributed by atoms with van der Waals surface area (Å²) < 4.78 is 14.6. The molecule has 23 heavy (non-hydrogen) atoms. The summed E-state index contributed by atoms with van der Waals surface area (Å²) in [6.45, 7) is 13.9. The second kappa shape index (κ2) is 8.32. The third-order valence-electron chi connectivity index (χ3n) is 4.23. The SMILES string of the molecule is C[C@@H](CO[Si](C)(C)C(C)(C)C)n1nc(OCC#N)c(I)c1CBr. The third-order valence-corrected chi connectivity index (χ3v) is 10.3. The van der Waals surface area contributed by atoms with Crippen LogP contribution in [-0.2, 0) is 9.76 Å². The summed E-state index contributed by atoms with van der Waals surface area (Å²) in [5.74, 6) is 0.515. The Labute approximate surface area is 162 Å². The van der Waals surface area contributed by atoms with Crippen molar-refractivity contribution in [3.63, 3.8) is 0 Å². The number of hydrogen-bond acceptors (Lipinski definition) is 4. The van der Waals surface area contributed by atoms with Gasteiger partial charge in [0.25, 0.3) is 0 Å². The summed E-state index contributed by atoms with van der Waals surface area (Å²) in [4.78, 5) is 0. The summed E-state index contributed by atoms with van der Waals surface area (Å²) in [5.41, 5.74) is 1.05. The molecular weight excluding hydrogens is 489 g/mol. The van der Waals surface area contributed by atoms with Gasteiger partial charge in [-0.2, -0.15) is 5.26 Å². The van der Waals surface area contributed by atoms with Gasteiger partial charge >= 0.3 is 0 Å². The Morgan fingerprint density at radius 1 is 1.43 bits per heavy atom. The zero-order valence-electron chi connectivity index (χ0n) is 14.6. The van der Waals surface area contributed by atoms with Crippen LogP contribution < -0.4 is 4.74 Å². The first kappa shape index (κ1) is 20.9. The van der Waals surface area contributed by atoms with Gasteiger partial charge < -0.3 is 9.16 Å². The van der Waals surface area contributed by atoms with Crippen molar-refractivity contribution in [2.45, 2.75) is 57.2 Å². The van der Waals surface area contributed by atoms with Crippen LogP contribution in [0.5, 0.6) is 5.88 Å². The monoisotopic (exact) mass is 513 g/mol. The van der Waals surface area contributed by atoms with E-state index in [-0.39, 0.29) is 17.7 Å². The van der Waals surface area contributed by atoms with E-state index in [1.165, 1.54) is 0 Å². The molecule has 0 unspecified atom stereocenters. The number of rotatable bonds is 7. The van der Waals surface area contributed by atoms with E-state index in [0.29, 0.717) is 17.8 Å². The van der Waals surface area contributed by atoms with Crippen LogP contribution in [0.3, 0.4) is 0 Å². The van der Waals surface area contributed by atoms with E-state index in [0.717, 1.165) is 9.26 Å². The van der Waals surface area contributed by atoms with Crippen LogP contribution >= 0.6 is 38.5 Å². The highest BCUT2D eigenvalue weighted by Gasteiger charge is 2.37. The largest absolute Gasteiger partial charge is 0.460 e. The number of halogens is 2. The summed E-state index contributed by atoms with van der Waals surface area (Å²) >= 11 is 5.73. The lowest BCUT2D eigenvalue weighted by molar-refractivity contribution is 0.226. The zero-order valence-corrected chi connectivity index (χ0v) is 19.4. The van der Waals surface area contributed by atoms with Crippen LogP contribution in [0.1, 0.15) is 39.4 Å². The van der Waals surface area contributed by atoms with E-state index in [4.69, 9.17) is 14.4 Å². The summed E-state index contributed by atoms with van der Waals surface area (Å²) in [6, 6.07) is 2.08. The number of nitriles is 1. The van der Waals surface area contributed by atoms with Crippen molar-refractivity contribution >= 4 is 46.8 Å². The van der Waals surface area contributed by atoms with Gasteiger partial charge in [-0.05, 0) is 47.6 Å². The number of aromatic nitrogens is 2. The number of alkyl halides is 1. The molecule has 0 aliphatic heterocycles. The Morgan fingerprint density at radius 3 is 2.52 bits per heavy atom. The van der Waals surface area contributed by atoms with Crippen LogP contribution in [-0.4, -0.2) is 31.3 Å². The lowest BCUT2D eigenvalue weighted by Crippen LogP contribution is -2.42. The van der Waals surface area contributed by atoms with Gasteiger partial charge in [-0.3, -0.25) is 4.68 Å². The van der Waals surface area contributed by atoms with Crippen molar-refractivity contribution < 1.29 is 9.16 Å². The summed E-state index contributed by atoms with van der Waals surface area (Å²) in [7, 11) is -1.78. The first-order valence-electron chi connectivity index (χ1n) is 7.51. The highest BCUT2D eigenvalue weighted by atomic mass is 127. The molecule has 1 aromatic rings. The third kappa shape index (κ3) is 5.18. The second-order valence-corrected chi connectivity index (χ2v) is 13.5. The van der Waals surface area contributed by atoms with Crippen LogP contribution in [0.4, 0.5) is 0 Å². The van der Waals surface area contributed by atoms with E-state index in [1.807, 2.05) is 10.8 Å². The smallest absolute Gasteiger partial charge is 0.247 e. The molecule has 0 aliphatic rings. The summed E-state index contributed by atoms with van der Waals surface area (Å²) in [5, 5.41) is 14.1. The molecule has 0 aliphatic carbocycles. The fourth-order valence-electron chi connectivity index (χ4n) is 1.72. The molecule has 1 atom stereocenters. The van der Waals surface area contributed by atoms with Crippen molar-refractivity contribution in [3.8, 4) is 11.9 Å². The van der Waals surface area contributed by atoms with E-state index in [9.17, 15) is 0 Å². The predicted octanol–water partition coefficient (Wildman–Crippen LogP) is 4.87. The highest BCUT2D eigenvalue weighted by molar-refractivity contribution is 14.1. The van der Waals surface area contributed by atoms with Crippen LogP contribution in [0.2, 0.25) is 18.1 Å². The molecule has 1 rings (SSSR count). The van der Waals surface area contributed by atoms with Crippen molar-refractivity contribution in [3.05, 3.63) is 9.26 Å². The van der Waals surface area contributed by atoms with Gasteiger partial charge in [0.1, 0.15) is 6.07 Å². The van der Waals surface area contributed by atoms with Gasteiger partial charge in [-0.25, -0.2) is 0 Å². The average Bonchev–Trinajstić information content (AvgIpc) is 2.77. The van der Waals surface area contributed by atoms with Crippen molar-refractivity contribution in [2.75, 3.05) is 13.2 Å². The van der Waals surface area contributed by atoms with Gasteiger partial charge in [0.05, 0.1) is 21.9 Å². The molecule has 1 aromatic heterocycles. The zero-order chi connectivity index (χ0) is 17.8. The molecule has 0 aromatic carbocycles. The Morgan fingerprint density at radius 2 is 2.04 bits per heavy atom. The molecule has 0 spiro atoms. The second-order valence-electron chi connectivity index (χ2n) is 7.01. The minimum Gasteiger partial charge on any atom is -0.460 e. The Hall–Kier alpha value is -0.113. The Bertz CT molecular complexity index is 579. The maximum absolute atomic E-state index is 8.67. The lowest BCUT2D eigenvalue weighted by atomic mass is 10.2. The molecule has 0 saturated heterocycles. The fraction of sp³-hybridized carbons (Fsp3) is 0.733. The van der Waals surface area contributed by atoms with E-state index >= 15 is 0 Å². The molecule has 0 amide bonds. The van der Waals surface area contributed by atoms with Crippen LogP contribution in [0, 0.1) is 14.9 Å². The summed E-state index contributed by atoms with van der Waals surface area (Å²) in [6.07, 6.45) is 0. The normalized spacial score (nSPS) is 13.7. The van der Waals surface area contributed by atoms with Crippen molar-refractivity contribution in [2.24, 2.45) is 0 Å². The maximum Gasteiger partial charge on any atom is 0.247 e. The number of ether oxygens (including phenoxy) is 1. The molecule has 0 radical (unpaired) electrons. The molecule has 1 heterocycles. The van der Waals surface area contributed by atoms with Gasteiger partial charge in [0.2, 0.25) is 5.88 Å². The van der Waals surface area contributed by atoms with E-state index in [1.54, 1.807) is 0 Å². The molecule has 5 nitrogen and oxygen atoms in total. The number of nitrogens with zero attached hydrogens (tertiary/aromatic N) is 3. The maximum atomic E-state index is 8.67. The highest BCUT2D eigenvalue weighted by Crippen LogP contribution is 2.37.